The lowest BCUT2D eigenvalue weighted by Gasteiger charge is -2.14. The molecular formula is C17H16ClN3O2S. The number of rotatable bonds is 5. The number of carbonyl (C=O) groups is 1. The third-order valence-corrected chi connectivity index (χ3v) is 5.08. The summed E-state index contributed by atoms with van der Waals surface area (Å²) >= 11 is 7.55. The molecule has 24 heavy (non-hydrogen) atoms. The zero-order chi connectivity index (χ0) is 17.3. The van der Waals surface area contributed by atoms with Crippen LogP contribution in [-0.2, 0) is 4.79 Å². The van der Waals surface area contributed by atoms with Crippen LogP contribution in [0.2, 0.25) is 5.02 Å². The predicted molar refractivity (Wildman–Crippen MR) is 97.9 cm³/mol. The summed E-state index contributed by atoms with van der Waals surface area (Å²) in [6.45, 7) is 3.84. The summed E-state index contributed by atoms with van der Waals surface area (Å²) in [4.78, 5) is 21.9. The van der Waals surface area contributed by atoms with Crippen LogP contribution in [0.5, 0.6) is 0 Å². The highest BCUT2D eigenvalue weighted by atomic mass is 35.5. The zero-order valence-electron chi connectivity index (χ0n) is 13.2. The quantitative estimate of drug-likeness (QED) is 0.694. The van der Waals surface area contributed by atoms with E-state index in [1.54, 1.807) is 11.3 Å². The summed E-state index contributed by atoms with van der Waals surface area (Å²) in [5.41, 5.74) is 2.01. The Labute approximate surface area is 148 Å². The van der Waals surface area contributed by atoms with Gasteiger partial charge in [-0.2, -0.15) is 0 Å². The highest BCUT2D eigenvalue weighted by Gasteiger charge is 2.21. The Morgan fingerprint density at radius 3 is 2.67 bits per heavy atom. The van der Waals surface area contributed by atoms with Crippen LogP contribution in [-0.4, -0.2) is 27.1 Å². The first-order valence-electron chi connectivity index (χ1n) is 7.50. The molecule has 3 rings (SSSR count). The normalized spacial score (nSPS) is 12.3. The predicted octanol–water partition coefficient (Wildman–Crippen LogP) is 4.60. The molecule has 0 aliphatic rings. The van der Waals surface area contributed by atoms with Crippen molar-refractivity contribution in [1.29, 1.82) is 0 Å². The second kappa shape index (κ2) is 6.75. The van der Waals surface area contributed by atoms with Crippen molar-refractivity contribution < 1.29 is 9.90 Å². The van der Waals surface area contributed by atoms with Crippen molar-refractivity contribution in [3.63, 3.8) is 0 Å². The van der Waals surface area contributed by atoms with Crippen LogP contribution in [0, 0.1) is 6.92 Å². The molecule has 0 fully saturated rings. The van der Waals surface area contributed by atoms with Crippen LogP contribution >= 0.6 is 22.9 Å². The molecule has 7 heteroatoms. The van der Waals surface area contributed by atoms with Crippen LogP contribution in [0.25, 0.3) is 21.3 Å². The zero-order valence-corrected chi connectivity index (χ0v) is 14.8. The molecule has 1 atom stereocenters. The summed E-state index contributed by atoms with van der Waals surface area (Å²) in [6, 6.07) is 6.87. The number of aromatic nitrogens is 2. The number of aryl methyl sites for hydroxylation is 1. The highest BCUT2D eigenvalue weighted by Crippen LogP contribution is 2.40. The fourth-order valence-corrected chi connectivity index (χ4v) is 3.76. The van der Waals surface area contributed by atoms with Crippen molar-refractivity contribution in [1.82, 2.24) is 9.97 Å². The fourth-order valence-electron chi connectivity index (χ4n) is 2.62. The molecule has 1 unspecified atom stereocenters. The van der Waals surface area contributed by atoms with Crippen molar-refractivity contribution in [2.24, 2.45) is 0 Å². The number of carboxylic acid groups (broad SMARTS) is 1. The summed E-state index contributed by atoms with van der Waals surface area (Å²) in [6.07, 6.45) is 1.92. The number of thiophene rings is 1. The second-order valence-electron chi connectivity index (χ2n) is 5.39. The van der Waals surface area contributed by atoms with Crippen molar-refractivity contribution >= 4 is 44.9 Å². The van der Waals surface area contributed by atoms with Crippen LogP contribution in [0.3, 0.4) is 0 Å². The molecule has 0 bridgehead atoms. The fraction of sp³-hybridized carbons (Fsp3) is 0.235. The molecule has 0 radical (unpaired) electrons. The van der Waals surface area contributed by atoms with E-state index in [9.17, 15) is 9.90 Å². The molecule has 124 valence electrons. The molecule has 2 heterocycles. The van der Waals surface area contributed by atoms with E-state index in [1.165, 1.54) is 6.33 Å². The van der Waals surface area contributed by atoms with E-state index < -0.39 is 12.0 Å². The van der Waals surface area contributed by atoms with E-state index in [2.05, 4.69) is 15.3 Å². The van der Waals surface area contributed by atoms with Crippen molar-refractivity contribution in [2.75, 3.05) is 5.32 Å². The Balaban J connectivity index is 2.17. The van der Waals surface area contributed by atoms with Crippen molar-refractivity contribution in [3.05, 3.63) is 40.5 Å². The number of anilines is 1. The van der Waals surface area contributed by atoms with Gasteiger partial charge in [0, 0.05) is 15.5 Å². The first kappa shape index (κ1) is 16.7. The molecule has 0 amide bonds. The van der Waals surface area contributed by atoms with Gasteiger partial charge < -0.3 is 10.4 Å². The van der Waals surface area contributed by atoms with E-state index in [4.69, 9.17) is 11.6 Å². The molecule has 5 nitrogen and oxygen atoms in total. The van der Waals surface area contributed by atoms with Gasteiger partial charge in [-0.05, 0) is 31.0 Å². The Kier molecular flexibility index (Phi) is 4.69. The largest absolute Gasteiger partial charge is 0.480 e. The van der Waals surface area contributed by atoms with E-state index >= 15 is 0 Å². The highest BCUT2D eigenvalue weighted by molar-refractivity contribution is 7.19. The Bertz CT molecular complexity index is 893. The molecule has 3 aromatic rings. The van der Waals surface area contributed by atoms with Gasteiger partial charge in [-0.1, -0.05) is 30.7 Å². The Morgan fingerprint density at radius 1 is 1.33 bits per heavy atom. The van der Waals surface area contributed by atoms with Gasteiger partial charge in [-0.3, -0.25) is 0 Å². The number of nitrogens with zero attached hydrogens (tertiary/aromatic N) is 2. The third-order valence-electron chi connectivity index (χ3n) is 3.81. The maximum Gasteiger partial charge on any atom is 0.326 e. The SMILES string of the molecule is CCC(Nc1ncnc2sc(C)c(-c3ccc(Cl)cc3)c12)C(=O)O. The summed E-state index contributed by atoms with van der Waals surface area (Å²) in [5.74, 6) is -0.354. The Morgan fingerprint density at radius 2 is 2.04 bits per heavy atom. The summed E-state index contributed by atoms with van der Waals surface area (Å²) in [7, 11) is 0. The van der Waals surface area contributed by atoms with Gasteiger partial charge in [0.05, 0.1) is 5.39 Å². The van der Waals surface area contributed by atoms with Gasteiger partial charge in [0.2, 0.25) is 0 Å². The van der Waals surface area contributed by atoms with E-state index in [1.807, 2.05) is 38.1 Å². The van der Waals surface area contributed by atoms with Crippen LogP contribution in [0.4, 0.5) is 5.82 Å². The van der Waals surface area contributed by atoms with Crippen molar-refractivity contribution in [2.45, 2.75) is 26.3 Å². The molecule has 0 spiro atoms. The van der Waals surface area contributed by atoms with Crippen LogP contribution in [0.15, 0.2) is 30.6 Å². The van der Waals surface area contributed by atoms with Crippen LogP contribution in [0.1, 0.15) is 18.2 Å². The molecule has 0 aliphatic carbocycles. The maximum absolute atomic E-state index is 11.4. The second-order valence-corrected chi connectivity index (χ2v) is 7.03. The van der Waals surface area contributed by atoms with Gasteiger partial charge in [-0.15, -0.1) is 11.3 Å². The molecular weight excluding hydrogens is 346 g/mol. The summed E-state index contributed by atoms with van der Waals surface area (Å²) in [5, 5.41) is 13.9. The van der Waals surface area contributed by atoms with Gasteiger partial charge in [0.1, 0.15) is 23.0 Å². The summed E-state index contributed by atoms with van der Waals surface area (Å²) < 4.78 is 0. The molecule has 0 saturated carbocycles. The third kappa shape index (κ3) is 3.07. The molecule has 0 aliphatic heterocycles. The minimum atomic E-state index is -0.899. The lowest BCUT2D eigenvalue weighted by atomic mass is 10.0. The number of hydrogen-bond donors (Lipinski definition) is 2. The monoisotopic (exact) mass is 361 g/mol. The van der Waals surface area contributed by atoms with E-state index in [0.29, 0.717) is 17.3 Å². The minimum absolute atomic E-state index is 0.459. The molecule has 2 N–H and O–H groups in total. The van der Waals surface area contributed by atoms with Gasteiger partial charge in [-0.25, -0.2) is 14.8 Å². The van der Waals surface area contributed by atoms with E-state index in [0.717, 1.165) is 26.2 Å². The van der Waals surface area contributed by atoms with Crippen LogP contribution < -0.4 is 5.32 Å². The van der Waals surface area contributed by atoms with Crippen molar-refractivity contribution in [3.8, 4) is 11.1 Å². The average molecular weight is 362 g/mol. The number of benzene rings is 1. The first-order chi connectivity index (χ1) is 11.5. The molecule has 1 aromatic carbocycles. The number of nitrogens with one attached hydrogen (secondary N) is 1. The molecule has 0 saturated heterocycles. The Hall–Kier alpha value is -2.18. The van der Waals surface area contributed by atoms with Gasteiger partial charge in [0.25, 0.3) is 0 Å². The van der Waals surface area contributed by atoms with E-state index in [-0.39, 0.29) is 0 Å². The average Bonchev–Trinajstić information content (AvgIpc) is 2.89. The first-order valence-corrected chi connectivity index (χ1v) is 8.70. The number of halogens is 1. The lowest BCUT2D eigenvalue weighted by Crippen LogP contribution is -2.28. The molecule has 2 aromatic heterocycles. The van der Waals surface area contributed by atoms with Gasteiger partial charge >= 0.3 is 5.97 Å². The number of fused-ring (bicyclic) bond motifs is 1. The number of aliphatic carboxylic acids is 1. The number of carboxylic acids is 1. The van der Waals surface area contributed by atoms with Gasteiger partial charge in [0.15, 0.2) is 0 Å². The maximum atomic E-state index is 11.4. The number of hydrogen-bond acceptors (Lipinski definition) is 5. The topological polar surface area (TPSA) is 75.1 Å². The standard InChI is InChI=1S/C17H16ClN3O2S/c1-3-12(17(22)23)21-15-14-13(10-4-6-11(18)7-5-10)9(2)24-16(14)20-8-19-15/h4-8,12H,3H2,1-2H3,(H,22,23)(H,19,20,21). The smallest absolute Gasteiger partial charge is 0.326 e. The minimum Gasteiger partial charge on any atom is -0.480 e. The lowest BCUT2D eigenvalue weighted by molar-refractivity contribution is -0.137.